The quantitative estimate of drug-likeness (QED) is 0.246. The Morgan fingerprint density at radius 1 is 1.26 bits per heavy atom. The smallest absolute Gasteiger partial charge is 0.367 e. The molecule has 0 bridgehead atoms. The molecule has 0 saturated heterocycles. The summed E-state index contributed by atoms with van der Waals surface area (Å²) in [6, 6.07) is 0. The summed E-state index contributed by atoms with van der Waals surface area (Å²) in [5, 5.41) is 35.5. The SMILES string of the molecule is CCSCCC(OC(=O)C(O)(O)CC(=O)O)C(=O)O. The fourth-order valence-corrected chi connectivity index (χ4v) is 1.74. The van der Waals surface area contributed by atoms with Crippen molar-refractivity contribution in [2.45, 2.75) is 31.7 Å². The lowest BCUT2D eigenvalue weighted by Gasteiger charge is -2.20. The first-order chi connectivity index (χ1) is 8.70. The molecule has 1 atom stereocenters. The number of esters is 1. The van der Waals surface area contributed by atoms with E-state index in [-0.39, 0.29) is 6.42 Å². The van der Waals surface area contributed by atoms with Gasteiger partial charge in [0.05, 0.1) is 0 Å². The zero-order valence-electron chi connectivity index (χ0n) is 10.2. The molecule has 0 aromatic rings. The highest BCUT2D eigenvalue weighted by Gasteiger charge is 2.40. The zero-order chi connectivity index (χ0) is 15.1. The van der Waals surface area contributed by atoms with E-state index in [4.69, 9.17) is 20.4 Å². The summed E-state index contributed by atoms with van der Waals surface area (Å²) in [6.45, 7) is 1.87. The predicted molar refractivity (Wildman–Crippen MR) is 64.6 cm³/mol. The third-order valence-corrected chi connectivity index (χ3v) is 2.91. The number of aliphatic hydroxyl groups is 2. The second-order valence-corrected chi connectivity index (χ2v) is 5.00. The van der Waals surface area contributed by atoms with Gasteiger partial charge in [-0.15, -0.1) is 0 Å². The number of carboxylic acid groups (broad SMARTS) is 2. The van der Waals surface area contributed by atoms with Crippen LogP contribution in [0.4, 0.5) is 0 Å². The normalized spacial score (nSPS) is 12.8. The Balaban J connectivity index is 4.53. The van der Waals surface area contributed by atoms with E-state index in [1.807, 2.05) is 6.92 Å². The lowest BCUT2D eigenvalue weighted by Crippen LogP contribution is -2.44. The molecular weight excluding hydrogens is 280 g/mol. The van der Waals surface area contributed by atoms with Gasteiger partial charge >= 0.3 is 17.9 Å². The number of thioether (sulfide) groups is 1. The minimum atomic E-state index is -3.24. The van der Waals surface area contributed by atoms with E-state index in [1.54, 1.807) is 0 Å². The second-order valence-electron chi connectivity index (χ2n) is 3.60. The highest BCUT2D eigenvalue weighted by Crippen LogP contribution is 2.13. The molecule has 0 aromatic carbocycles. The highest BCUT2D eigenvalue weighted by molar-refractivity contribution is 7.99. The number of carbonyl (C=O) groups is 3. The summed E-state index contributed by atoms with van der Waals surface area (Å²) in [5.41, 5.74) is 0. The average molecular weight is 296 g/mol. The highest BCUT2D eigenvalue weighted by atomic mass is 32.2. The number of carboxylic acids is 2. The summed E-state index contributed by atoms with van der Waals surface area (Å²) in [5.74, 6) is -6.83. The lowest BCUT2D eigenvalue weighted by molar-refractivity contribution is -0.219. The van der Waals surface area contributed by atoms with Gasteiger partial charge in [-0.3, -0.25) is 4.79 Å². The van der Waals surface area contributed by atoms with E-state index in [0.717, 1.165) is 5.75 Å². The Morgan fingerprint density at radius 3 is 2.26 bits per heavy atom. The van der Waals surface area contributed by atoms with Crippen LogP contribution in [0.15, 0.2) is 0 Å². The maximum atomic E-state index is 11.3. The topological polar surface area (TPSA) is 141 Å². The number of rotatable bonds is 9. The van der Waals surface area contributed by atoms with Gasteiger partial charge in [-0.25, -0.2) is 9.59 Å². The van der Waals surface area contributed by atoms with Gasteiger partial charge in [-0.05, 0) is 11.5 Å². The van der Waals surface area contributed by atoms with Gasteiger partial charge in [0.1, 0.15) is 6.42 Å². The van der Waals surface area contributed by atoms with Crippen molar-refractivity contribution in [2.24, 2.45) is 0 Å². The molecule has 0 rings (SSSR count). The molecule has 0 fully saturated rings. The molecule has 0 spiro atoms. The van der Waals surface area contributed by atoms with Crippen molar-refractivity contribution in [3.8, 4) is 0 Å². The van der Waals surface area contributed by atoms with E-state index in [1.165, 1.54) is 11.8 Å². The minimum absolute atomic E-state index is 0.0112. The van der Waals surface area contributed by atoms with E-state index in [2.05, 4.69) is 4.74 Å². The molecule has 0 aliphatic carbocycles. The van der Waals surface area contributed by atoms with Crippen LogP contribution in [0.1, 0.15) is 19.8 Å². The fourth-order valence-electron chi connectivity index (χ4n) is 1.07. The molecule has 8 nitrogen and oxygen atoms in total. The molecule has 19 heavy (non-hydrogen) atoms. The molecule has 0 heterocycles. The number of carbonyl (C=O) groups excluding carboxylic acids is 1. The lowest BCUT2D eigenvalue weighted by atomic mass is 10.2. The molecule has 0 aliphatic rings. The monoisotopic (exact) mass is 296 g/mol. The van der Waals surface area contributed by atoms with Crippen molar-refractivity contribution in [2.75, 3.05) is 11.5 Å². The van der Waals surface area contributed by atoms with Crippen LogP contribution >= 0.6 is 11.8 Å². The van der Waals surface area contributed by atoms with Crippen molar-refractivity contribution in [3.63, 3.8) is 0 Å². The summed E-state index contributed by atoms with van der Waals surface area (Å²) in [6.07, 6.45) is -2.84. The summed E-state index contributed by atoms with van der Waals surface area (Å²) in [4.78, 5) is 32.4. The molecule has 0 saturated carbocycles. The largest absolute Gasteiger partial charge is 0.481 e. The van der Waals surface area contributed by atoms with Gasteiger partial charge in [0, 0.05) is 6.42 Å². The third-order valence-electron chi connectivity index (χ3n) is 1.98. The standard InChI is InChI=1S/C10H16O8S/c1-2-19-4-3-6(8(13)14)18-9(15)10(16,17)5-7(11)12/h6,16-17H,2-5H2,1H3,(H,11,12)(H,13,14). The van der Waals surface area contributed by atoms with E-state index >= 15 is 0 Å². The first-order valence-electron chi connectivity index (χ1n) is 5.39. The second kappa shape index (κ2) is 7.97. The number of aliphatic carboxylic acids is 2. The van der Waals surface area contributed by atoms with Crippen LogP contribution in [0.2, 0.25) is 0 Å². The van der Waals surface area contributed by atoms with Crippen LogP contribution in [0.3, 0.4) is 0 Å². The first-order valence-corrected chi connectivity index (χ1v) is 6.54. The van der Waals surface area contributed by atoms with E-state index in [9.17, 15) is 14.4 Å². The molecule has 0 amide bonds. The Kier molecular flexibility index (Phi) is 7.42. The van der Waals surface area contributed by atoms with Gasteiger partial charge in [0.2, 0.25) is 0 Å². The van der Waals surface area contributed by atoms with Crippen LogP contribution in [0, 0.1) is 0 Å². The molecular formula is C10H16O8S. The Bertz CT molecular complexity index is 340. The van der Waals surface area contributed by atoms with Crippen molar-refractivity contribution in [1.29, 1.82) is 0 Å². The maximum absolute atomic E-state index is 11.3. The summed E-state index contributed by atoms with van der Waals surface area (Å²) >= 11 is 1.43. The average Bonchev–Trinajstić information content (AvgIpc) is 2.25. The van der Waals surface area contributed by atoms with Crippen LogP contribution in [-0.4, -0.2) is 61.7 Å². The van der Waals surface area contributed by atoms with Gasteiger partial charge < -0.3 is 25.2 Å². The fraction of sp³-hybridized carbons (Fsp3) is 0.700. The van der Waals surface area contributed by atoms with Gasteiger partial charge in [0.25, 0.3) is 5.79 Å². The molecule has 4 N–H and O–H groups in total. The molecule has 1 unspecified atom stereocenters. The Labute approximate surface area is 113 Å². The van der Waals surface area contributed by atoms with E-state index in [0.29, 0.717) is 5.75 Å². The third kappa shape index (κ3) is 6.99. The van der Waals surface area contributed by atoms with Crippen LogP contribution in [0.25, 0.3) is 0 Å². The van der Waals surface area contributed by atoms with E-state index < -0.39 is 36.2 Å². The van der Waals surface area contributed by atoms with Crippen molar-refractivity contribution >= 4 is 29.7 Å². The summed E-state index contributed by atoms with van der Waals surface area (Å²) < 4.78 is 4.41. The molecule has 110 valence electrons. The maximum Gasteiger partial charge on any atom is 0.367 e. The minimum Gasteiger partial charge on any atom is -0.481 e. The van der Waals surface area contributed by atoms with Gasteiger partial charge in [0.15, 0.2) is 6.10 Å². The van der Waals surface area contributed by atoms with Crippen molar-refractivity contribution < 1.29 is 39.5 Å². The summed E-state index contributed by atoms with van der Waals surface area (Å²) in [7, 11) is 0. The van der Waals surface area contributed by atoms with Crippen LogP contribution in [0.5, 0.6) is 0 Å². The molecule has 0 radical (unpaired) electrons. The molecule has 0 aliphatic heterocycles. The Hall–Kier alpha value is -1.32. The van der Waals surface area contributed by atoms with Crippen molar-refractivity contribution in [3.05, 3.63) is 0 Å². The van der Waals surface area contributed by atoms with Crippen molar-refractivity contribution in [1.82, 2.24) is 0 Å². The zero-order valence-corrected chi connectivity index (χ0v) is 11.1. The van der Waals surface area contributed by atoms with Crippen LogP contribution < -0.4 is 0 Å². The Morgan fingerprint density at radius 2 is 1.84 bits per heavy atom. The van der Waals surface area contributed by atoms with Gasteiger partial charge in [-0.2, -0.15) is 11.8 Å². The van der Waals surface area contributed by atoms with Crippen LogP contribution in [-0.2, 0) is 19.1 Å². The molecule has 9 heteroatoms. The number of ether oxygens (including phenoxy) is 1. The number of hydrogen-bond donors (Lipinski definition) is 4. The van der Waals surface area contributed by atoms with Gasteiger partial charge in [-0.1, -0.05) is 6.92 Å². The molecule has 0 aromatic heterocycles. The first kappa shape index (κ1) is 17.7. The number of hydrogen-bond acceptors (Lipinski definition) is 7. The predicted octanol–water partition coefficient (Wildman–Crippen LogP) is -0.718.